The maximum absolute atomic E-state index is 12.8. The molecule has 4 nitrogen and oxygen atoms in total. The van der Waals surface area contributed by atoms with Gasteiger partial charge in [0.1, 0.15) is 4.64 Å². The molecule has 1 aromatic carbocycles. The average Bonchev–Trinajstić information content (AvgIpc) is 2.54. The van der Waals surface area contributed by atoms with Gasteiger partial charge in [-0.05, 0) is 37.6 Å². The number of aryl methyl sites for hydroxylation is 2. The Balaban J connectivity index is 1.97. The molecule has 0 spiro atoms. The molecule has 0 radical (unpaired) electrons. The highest BCUT2D eigenvalue weighted by atomic mass is 32.1. The number of pyridine rings is 1. The van der Waals surface area contributed by atoms with Crippen molar-refractivity contribution in [2.24, 2.45) is 0 Å². The summed E-state index contributed by atoms with van der Waals surface area (Å²) in [6, 6.07) is 13.8. The quantitative estimate of drug-likeness (QED) is 0.684. The maximum atomic E-state index is 12.8. The van der Waals surface area contributed by atoms with Crippen molar-refractivity contribution in [2.75, 3.05) is 0 Å². The lowest BCUT2D eigenvalue weighted by Gasteiger charge is -2.12. The van der Waals surface area contributed by atoms with Crippen molar-refractivity contribution in [1.29, 1.82) is 0 Å². The first-order chi connectivity index (χ1) is 11.5. The minimum atomic E-state index is -0.118. The second-order valence-corrected chi connectivity index (χ2v) is 6.39. The third kappa shape index (κ3) is 3.68. The van der Waals surface area contributed by atoms with Gasteiger partial charge in [0.05, 0.1) is 18.8 Å². The van der Waals surface area contributed by atoms with Crippen LogP contribution < -0.4 is 5.69 Å². The van der Waals surface area contributed by atoms with Crippen LogP contribution in [0.25, 0.3) is 0 Å². The fourth-order valence-electron chi connectivity index (χ4n) is 2.83. The highest BCUT2D eigenvalue weighted by Gasteiger charge is 2.06. The first-order valence-electron chi connectivity index (χ1n) is 7.80. The summed E-state index contributed by atoms with van der Waals surface area (Å²) in [6.45, 7) is 5.02. The summed E-state index contributed by atoms with van der Waals surface area (Å²) >= 11 is 5.36. The highest BCUT2D eigenvalue weighted by molar-refractivity contribution is 7.71. The molecule has 0 saturated carbocycles. The van der Waals surface area contributed by atoms with Crippen molar-refractivity contribution >= 4 is 12.2 Å². The predicted molar refractivity (Wildman–Crippen MR) is 97.9 cm³/mol. The van der Waals surface area contributed by atoms with Gasteiger partial charge in [0.15, 0.2) is 0 Å². The lowest BCUT2D eigenvalue weighted by Crippen LogP contribution is -2.31. The van der Waals surface area contributed by atoms with E-state index in [4.69, 9.17) is 12.2 Å². The predicted octanol–water partition coefficient (Wildman–Crippen LogP) is 3.49. The zero-order chi connectivity index (χ0) is 17.1. The second-order valence-electron chi connectivity index (χ2n) is 5.97. The van der Waals surface area contributed by atoms with Crippen molar-refractivity contribution in [3.63, 3.8) is 0 Å². The molecule has 0 bridgehead atoms. The van der Waals surface area contributed by atoms with Crippen LogP contribution in [0.1, 0.15) is 22.4 Å². The molecule has 0 unspecified atom stereocenters. The lowest BCUT2D eigenvalue weighted by atomic mass is 10.1. The first-order valence-corrected chi connectivity index (χ1v) is 8.21. The van der Waals surface area contributed by atoms with E-state index in [0.717, 1.165) is 11.3 Å². The minimum absolute atomic E-state index is 0.118. The molecule has 3 aromatic rings. The summed E-state index contributed by atoms with van der Waals surface area (Å²) < 4.78 is 3.81. The van der Waals surface area contributed by atoms with Crippen LogP contribution in [-0.2, 0) is 13.1 Å². The molecule has 0 aliphatic carbocycles. The van der Waals surface area contributed by atoms with Crippen LogP contribution in [0.15, 0.2) is 59.7 Å². The van der Waals surface area contributed by atoms with Crippen molar-refractivity contribution in [1.82, 2.24) is 14.1 Å². The van der Waals surface area contributed by atoms with Gasteiger partial charge in [-0.2, -0.15) is 0 Å². The molecular weight excluding hydrogens is 318 g/mol. The molecule has 2 aromatic heterocycles. The van der Waals surface area contributed by atoms with Crippen LogP contribution in [0.2, 0.25) is 0 Å². The SMILES string of the molecule is Cc1cc(C)cc(Cn2c(=S)ccn(Cc3ccccn3)c2=O)c1. The van der Waals surface area contributed by atoms with Crippen LogP contribution in [0.5, 0.6) is 0 Å². The van der Waals surface area contributed by atoms with Crippen molar-refractivity contribution in [2.45, 2.75) is 26.9 Å². The average molecular weight is 337 g/mol. The van der Waals surface area contributed by atoms with E-state index in [-0.39, 0.29) is 5.69 Å². The number of aromatic nitrogens is 3. The standard InChI is InChI=1S/C19H19N3OS/c1-14-9-15(2)11-16(10-14)12-22-18(24)6-8-21(19(22)23)13-17-5-3-4-7-20-17/h3-11H,12-13H2,1-2H3. The maximum Gasteiger partial charge on any atom is 0.329 e. The summed E-state index contributed by atoms with van der Waals surface area (Å²) in [5, 5.41) is 0. The molecule has 0 aliphatic rings. The van der Waals surface area contributed by atoms with Gasteiger partial charge in [-0.25, -0.2) is 4.79 Å². The Labute approximate surface area is 146 Å². The highest BCUT2D eigenvalue weighted by Crippen LogP contribution is 2.10. The van der Waals surface area contributed by atoms with Crippen molar-refractivity contribution in [3.8, 4) is 0 Å². The van der Waals surface area contributed by atoms with Crippen LogP contribution in [0, 0.1) is 18.5 Å². The zero-order valence-electron chi connectivity index (χ0n) is 13.8. The molecule has 0 saturated heterocycles. The lowest BCUT2D eigenvalue weighted by molar-refractivity contribution is 0.616. The van der Waals surface area contributed by atoms with Crippen LogP contribution in [-0.4, -0.2) is 14.1 Å². The van der Waals surface area contributed by atoms with Crippen LogP contribution in [0.4, 0.5) is 0 Å². The molecule has 122 valence electrons. The fourth-order valence-corrected chi connectivity index (χ4v) is 3.04. The number of rotatable bonds is 4. The molecule has 0 fully saturated rings. The monoisotopic (exact) mass is 337 g/mol. The topological polar surface area (TPSA) is 39.8 Å². The summed E-state index contributed by atoms with van der Waals surface area (Å²) in [7, 11) is 0. The summed E-state index contributed by atoms with van der Waals surface area (Å²) in [5.74, 6) is 0. The van der Waals surface area contributed by atoms with E-state index >= 15 is 0 Å². The second kappa shape index (κ2) is 6.93. The molecule has 0 aliphatic heterocycles. The zero-order valence-corrected chi connectivity index (χ0v) is 14.6. The number of nitrogens with zero attached hydrogens (tertiary/aromatic N) is 3. The van der Waals surface area contributed by atoms with Gasteiger partial charge in [0.2, 0.25) is 0 Å². The Morgan fingerprint density at radius 3 is 2.46 bits per heavy atom. The van der Waals surface area contributed by atoms with Gasteiger partial charge < -0.3 is 0 Å². The van der Waals surface area contributed by atoms with Gasteiger partial charge in [0.25, 0.3) is 0 Å². The van der Waals surface area contributed by atoms with Gasteiger partial charge in [0, 0.05) is 12.4 Å². The van der Waals surface area contributed by atoms with Gasteiger partial charge >= 0.3 is 5.69 Å². The number of benzene rings is 1. The van der Waals surface area contributed by atoms with Gasteiger partial charge in [-0.3, -0.25) is 14.1 Å². The summed E-state index contributed by atoms with van der Waals surface area (Å²) in [4.78, 5) is 17.1. The number of hydrogen-bond donors (Lipinski definition) is 0. The molecule has 5 heteroatoms. The number of hydrogen-bond acceptors (Lipinski definition) is 3. The first kappa shape index (κ1) is 16.3. The molecular formula is C19H19N3OS. The van der Waals surface area contributed by atoms with E-state index in [1.165, 1.54) is 11.1 Å². The van der Waals surface area contributed by atoms with Gasteiger partial charge in [-0.15, -0.1) is 0 Å². The molecule has 2 heterocycles. The van der Waals surface area contributed by atoms with E-state index < -0.39 is 0 Å². The van der Waals surface area contributed by atoms with Crippen LogP contribution >= 0.6 is 12.2 Å². The third-order valence-corrected chi connectivity index (χ3v) is 4.18. The molecule has 0 amide bonds. The third-order valence-electron chi connectivity index (χ3n) is 3.82. The van der Waals surface area contributed by atoms with E-state index in [1.54, 1.807) is 27.6 Å². The Morgan fingerprint density at radius 2 is 1.79 bits per heavy atom. The van der Waals surface area contributed by atoms with Crippen LogP contribution in [0.3, 0.4) is 0 Å². The molecule has 24 heavy (non-hydrogen) atoms. The largest absolute Gasteiger partial charge is 0.329 e. The van der Waals surface area contributed by atoms with E-state index in [0.29, 0.717) is 17.7 Å². The Kier molecular flexibility index (Phi) is 4.71. The van der Waals surface area contributed by atoms with Crippen molar-refractivity contribution < 1.29 is 0 Å². The fraction of sp³-hybridized carbons (Fsp3) is 0.211. The summed E-state index contributed by atoms with van der Waals surface area (Å²) in [6.07, 6.45) is 3.46. The van der Waals surface area contributed by atoms with E-state index in [2.05, 4.69) is 37.0 Å². The Morgan fingerprint density at radius 1 is 1.04 bits per heavy atom. The normalized spacial score (nSPS) is 10.8. The smallest absolute Gasteiger partial charge is 0.295 e. The Bertz CT molecular complexity index is 954. The van der Waals surface area contributed by atoms with Crippen molar-refractivity contribution in [3.05, 3.63) is 92.4 Å². The molecule has 0 atom stereocenters. The van der Waals surface area contributed by atoms with Gasteiger partial charge in [-0.1, -0.05) is 47.6 Å². The Hall–Kier alpha value is -2.53. The molecule has 0 N–H and O–H groups in total. The van der Waals surface area contributed by atoms with E-state index in [9.17, 15) is 4.79 Å². The minimum Gasteiger partial charge on any atom is -0.295 e. The van der Waals surface area contributed by atoms with E-state index in [1.807, 2.05) is 18.2 Å². The molecule has 3 rings (SSSR count). The summed E-state index contributed by atoms with van der Waals surface area (Å²) in [5.41, 5.74) is 4.17.